The van der Waals surface area contributed by atoms with Gasteiger partial charge in [0.05, 0.1) is 10.5 Å². The van der Waals surface area contributed by atoms with Crippen LogP contribution in [0.2, 0.25) is 5.02 Å². The number of anilines is 2. The van der Waals surface area contributed by atoms with Crippen molar-refractivity contribution in [3.05, 3.63) is 57.7 Å². The molecule has 5 rings (SSSR count). The van der Waals surface area contributed by atoms with Crippen molar-refractivity contribution < 1.29 is 9.18 Å². The van der Waals surface area contributed by atoms with Gasteiger partial charge in [-0.2, -0.15) is 4.98 Å². The van der Waals surface area contributed by atoms with E-state index in [1.807, 2.05) is 11.8 Å². The normalized spacial score (nSPS) is 17.4. The van der Waals surface area contributed by atoms with Crippen molar-refractivity contribution >= 4 is 57.9 Å². The largest absolute Gasteiger partial charge is 0.398 e. The fraction of sp³-hybridized carbons (Fsp3) is 0.280. The van der Waals surface area contributed by atoms with Crippen molar-refractivity contribution in [2.45, 2.75) is 24.4 Å². The number of halogens is 2. The summed E-state index contributed by atoms with van der Waals surface area (Å²) in [6, 6.07) is 4.28. The van der Waals surface area contributed by atoms with Crippen molar-refractivity contribution in [2.75, 3.05) is 36.0 Å². The molecule has 3 N–H and O–H groups in total. The number of hydrogen-bond acceptors (Lipinski definition) is 7. The average molecular weight is 527 g/mol. The van der Waals surface area contributed by atoms with E-state index in [1.54, 1.807) is 15.5 Å². The quantitative estimate of drug-likeness (QED) is 0.304. The number of aryl methyl sites for hydroxylation is 1. The molecule has 1 fully saturated rings. The van der Waals surface area contributed by atoms with Gasteiger partial charge in [-0.25, -0.2) is 9.18 Å². The van der Waals surface area contributed by atoms with E-state index in [-0.39, 0.29) is 33.8 Å². The molecule has 8 nitrogen and oxygen atoms in total. The molecule has 1 aromatic heterocycles. The van der Waals surface area contributed by atoms with Gasteiger partial charge in [-0.15, -0.1) is 11.8 Å². The minimum Gasteiger partial charge on any atom is -0.398 e. The number of nitrogens with zero attached hydrogens (tertiary/aromatic N) is 4. The number of carbonyl (C=O) groups is 1. The molecule has 2 aromatic carbocycles. The number of thioether (sulfide) groups is 1. The highest BCUT2D eigenvalue weighted by Gasteiger charge is 2.32. The molecule has 1 saturated heterocycles. The van der Waals surface area contributed by atoms with E-state index in [0.29, 0.717) is 59.1 Å². The Morgan fingerprint density at radius 2 is 2.11 bits per heavy atom. The third kappa shape index (κ3) is 3.75. The van der Waals surface area contributed by atoms with Crippen LogP contribution in [-0.4, -0.2) is 58.0 Å². The number of piperazine rings is 1. The second-order valence-electron chi connectivity index (χ2n) is 8.78. The van der Waals surface area contributed by atoms with Crippen molar-refractivity contribution in [3.8, 4) is 11.1 Å². The van der Waals surface area contributed by atoms with Crippen LogP contribution in [0.4, 0.5) is 15.9 Å². The number of nitrogens with two attached hydrogens (primary N) is 1. The number of benzene rings is 2. The summed E-state index contributed by atoms with van der Waals surface area (Å²) in [6.45, 7) is 7.40. The van der Waals surface area contributed by atoms with Crippen molar-refractivity contribution in [1.82, 2.24) is 14.5 Å². The van der Waals surface area contributed by atoms with Crippen LogP contribution in [-0.2, 0) is 11.3 Å². The van der Waals surface area contributed by atoms with Crippen LogP contribution in [0, 0.1) is 11.2 Å². The van der Waals surface area contributed by atoms with Gasteiger partial charge in [0.15, 0.2) is 0 Å². The zero-order valence-corrected chi connectivity index (χ0v) is 21.1. The lowest BCUT2D eigenvalue weighted by molar-refractivity contribution is -0.126. The number of nitrogen functional groups attached to an aromatic ring is 1. The minimum absolute atomic E-state index is 0.109. The summed E-state index contributed by atoms with van der Waals surface area (Å²) in [5, 5.41) is 8.81. The monoisotopic (exact) mass is 526 g/mol. The Labute approximate surface area is 216 Å². The van der Waals surface area contributed by atoms with E-state index in [0.717, 1.165) is 6.21 Å². The first-order valence-electron chi connectivity index (χ1n) is 11.4. The zero-order valence-electron chi connectivity index (χ0n) is 19.6. The van der Waals surface area contributed by atoms with E-state index < -0.39 is 11.5 Å². The van der Waals surface area contributed by atoms with Crippen LogP contribution in [0.3, 0.4) is 0 Å². The standard InChI is InChI=1S/C25H24ClFN6O2S/c1-3-19(34)31-6-7-32(13(2)12-31)24-14-10-16(26)21(20-15(11-28)18(29)5-4-17(20)27)23-22(14)33(8-9-36-23)25(35)30-24/h3-5,10-11,13,28H,1,6-9,12,29H2,2H3. The zero-order chi connectivity index (χ0) is 25.7. The Morgan fingerprint density at radius 1 is 1.33 bits per heavy atom. The number of rotatable bonds is 4. The molecule has 36 heavy (non-hydrogen) atoms. The van der Waals surface area contributed by atoms with Gasteiger partial charge in [-0.05, 0) is 31.2 Å². The Kier molecular flexibility index (Phi) is 6.25. The average Bonchev–Trinajstić information content (AvgIpc) is 2.87. The molecule has 0 spiro atoms. The van der Waals surface area contributed by atoms with Crippen LogP contribution in [0.1, 0.15) is 12.5 Å². The lowest BCUT2D eigenvalue weighted by Crippen LogP contribution is -2.54. The van der Waals surface area contributed by atoms with Crippen LogP contribution in [0.15, 0.2) is 40.5 Å². The molecule has 186 valence electrons. The number of nitrogens with one attached hydrogen (secondary N) is 1. The molecule has 1 amide bonds. The van der Waals surface area contributed by atoms with Gasteiger partial charge < -0.3 is 20.9 Å². The van der Waals surface area contributed by atoms with Crippen LogP contribution >= 0.6 is 23.4 Å². The summed E-state index contributed by atoms with van der Waals surface area (Å²) < 4.78 is 16.8. The molecule has 2 aliphatic rings. The fourth-order valence-corrected chi connectivity index (χ4v) is 6.57. The first kappa shape index (κ1) is 24.3. The minimum atomic E-state index is -0.550. The molecule has 0 aliphatic carbocycles. The second kappa shape index (κ2) is 9.25. The predicted molar refractivity (Wildman–Crippen MR) is 143 cm³/mol. The maximum Gasteiger partial charge on any atom is 0.350 e. The van der Waals surface area contributed by atoms with E-state index in [1.165, 1.54) is 30.0 Å². The highest BCUT2D eigenvalue weighted by atomic mass is 35.5. The van der Waals surface area contributed by atoms with E-state index in [4.69, 9.17) is 22.7 Å². The van der Waals surface area contributed by atoms with Crippen molar-refractivity contribution in [3.63, 3.8) is 0 Å². The van der Waals surface area contributed by atoms with E-state index in [9.17, 15) is 9.59 Å². The molecule has 0 saturated carbocycles. The third-order valence-corrected chi connectivity index (χ3v) is 8.09. The fourth-order valence-electron chi connectivity index (χ4n) is 5.02. The summed E-state index contributed by atoms with van der Waals surface area (Å²) in [4.78, 5) is 34.1. The second-order valence-corrected chi connectivity index (χ2v) is 10.3. The predicted octanol–water partition coefficient (Wildman–Crippen LogP) is 3.76. The van der Waals surface area contributed by atoms with E-state index >= 15 is 4.39 Å². The van der Waals surface area contributed by atoms with Gasteiger partial charge in [0.25, 0.3) is 0 Å². The van der Waals surface area contributed by atoms with Crippen LogP contribution in [0.5, 0.6) is 0 Å². The first-order valence-corrected chi connectivity index (χ1v) is 12.8. The van der Waals surface area contributed by atoms with Crippen molar-refractivity contribution in [2.24, 2.45) is 0 Å². The summed E-state index contributed by atoms with van der Waals surface area (Å²) in [7, 11) is 0. The van der Waals surface area contributed by atoms with Gasteiger partial charge in [-0.3, -0.25) is 9.36 Å². The van der Waals surface area contributed by atoms with Crippen molar-refractivity contribution in [1.29, 1.82) is 5.41 Å². The first-order chi connectivity index (χ1) is 17.3. The molecule has 2 aliphatic heterocycles. The maximum absolute atomic E-state index is 15.2. The Morgan fingerprint density at radius 3 is 2.81 bits per heavy atom. The van der Waals surface area contributed by atoms with Gasteiger partial charge in [0.1, 0.15) is 11.6 Å². The Hall–Kier alpha value is -3.37. The molecule has 11 heteroatoms. The number of carbonyl (C=O) groups excluding carboxylic acids is 1. The lowest BCUT2D eigenvalue weighted by Gasteiger charge is -2.40. The molecule has 0 bridgehead atoms. The SMILES string of the molecule is C=CC(=O)N1CCN(c2nc(=O)n3c4c(c(-c5c(F)ccc(N)c5C=N)c(Cl)cc24)SCC3)C(C)C1. The molecule has 3 aromatic rings. The lowest BCUT2D eigenvalue weighted by atomic mass is 9.96. The third-order valence-electron chi connectivity index (χ3n) is 6.72. The van der Waals surface area contributed by atoms with Gasteiger partial charge >= 0.3 is 5.69 Å². The van der Waals surface area contributed by atoms with Crippen LogP contribution < -0.4 is 16.3 Å². The Balaban J connectivity index is 1.76. The molecule has 0 radical (unpaired) electrons. The van der Waals surface area contributed by atoms with Gasteiger partial charge in [0, 0.05) is 76.8 Å². The number of hydrogen-bond donors (Lipinski definition) is 2. The molecule has 1 unspecified atom stereocenters. The summed E-state index contributed by atoms with van der Waals surface area (Å²) in [5.41, 5.74) is 7.36. The maximum atomic E-state index is 15.2. The summed E-state index contributed by atoms with van der Waals surface area (Å²) in [6.07, 6.45) is 2.32. The van der Waals surface area contributed by atoms with Crippen LogP contribution in [0.25, 0.3) is 22.0 Å². The smallest absolute Gasteiger partial charge is 0.350 e. The highest BCUT2D eigenvalue weighted by Crippen LogP contribution is 2.47. The highest BCUT2D eigenvalue weighted by molar-refractivity contribution is 7.99. The number of amides is 1. The molecular formula is C25H24ClFN6O2S. The van der Waals surface area contributed by atoms with Gasteiger partial charge in [-0.1, -0.05) is 18.2 Å². The van der Waals surface area contributed by atoms with Gasteiger partial charge in [0.2, 0.25) is 5.91 Å². The Bertz CT molecular complexity index is 1510. The molecule has 3 heterocycles. The summed E-state index contributed by atoms with van der Waals surface area (Å²) in [5.74, 6) is 0.383. The molecular weight excluding hydrogens is 503 g/mol. The van der Waals surface area contributed by atoms with E-state index in [2.05, 4.69) is 11.6 Å². The summed E-state index contributed by atoms with van der Waals surface area (Å²) >= 11 is 8.31. The number of aromatic nitrogens is 2. The topological polar surface area (TPSA) is 108 Å². The molecule has 1 atom stereocenters.